The highest BCUT2D eigenvalue weighted by Crippen LogP contribution is 2.44. The summed E-state index contributed by atoms with van der Waals surface area (Å²) in [5, 5.41) is 41.9. The van der Waals surface area contributed by atoms with Crippen LogP contribution in [0.3, 0.4) is 0 Å². The lowest BCUT2D eigenvalue weighted by molar-refractivity contribution is -0.385. The molecule has 10 heteroatoms. The largest absolute Gasteiger partial charge is 0.507 e. The van der Waals surface area contributed by atoms with E-state index in [4.69, 9.17) is 10.00 Å². The number of rotatable bonds is 4. The molecule has 37 heavy (non-hydrogen) atoms. The number of carbonyl (C=O) groups is 2. The van der Waals surface area contributed by atoms with Crippen LogP contribution < -0.4 is 9.64 Å². The molecule has 0 aliphatic carbocycles. The molecular weight excluding hydrogens is 478 g/mol. The maximum atomic E-state index is 13.3. The number of phenols is 1. The van der Waals surface area contributed by atoms with Crippen LogP contribution in [0.1, 0.15) is 34.7 Å². The van der Waals surface area contributed by atoms with E-state index >= 15 is 0 Å². The predicted molar refractivity (Wildman–Crippen MR) is 131 cm³/mol. The number of nitrogens with zero attached hydrogens (tertiary/aromatic N) is 3. The fourth-order valence-corrected chi connectivity index (χ4v) is 4.63. The van der Waals surface area contributed by atoms with Crippen molar-refractivity contribution in [3.8, 4) is 17.6 Å². The number of aliphatic hydroxyl groups is 1. The summed E-state index contributed by atoms with van der Waals surface area (Å²) in [5.41, 5.74) is 0.970. The molecule has 1 amide bonds. The minimum absolute atomic E-state index is 0.135. The molecule has 2 aliphatic heterocycles. The number of benzene rings is 3. The fraction of sp³-hybridized carbons (Fsp3) is 0.148. The van der Waals surface area contributed by atoms with Crippen molar-refractivity contribution in [3.05, 3.63) is 98.6 Å². The van der Waals surface area contributed by atoms with Gasteiger partial charge >= 0.3 is 5.69 Å². The number of amides is 1. The van der Waals surface area contributed by atoms with Gasteiger partial charge in [0.25, 0.3) is 11.7 Å². The van der Waals surface area contributed by atoms with Gasteiger partial charge in [-0.25, -0.2) is 0 Å². The molecule has 3 aromatic rings. The highest BCUT2D eigenvalue weighted by atomic mass is 16.6. The molecule has 2 heterocycles. The zero-order valence-corrected chi connectivity index (χ0v) is 19.2. The average molecular weight is 497 g/mol. The predicted octanol–water partition coefficient (Wildman–Crippen LogP) is 4.12. The second-order valence-electron chi connectivity index (χ2n) is 8.61. The number of aromatic hydroxyl groups is 1. The Labute approximate surface area is 210 Å². The number of nitriles is 1. The monoisotopic (exact) mass is 497 g/mol. The van der Waals surface area contributed by atoms with Crippen molar-refractivity contribution in [2.24, 2.45) is 0 Å². The molecule has 1 fully saturated rings. The summed E-state index contributed by atoms with van der Waals surface area (Å²) in [7, 11) is 0. The summed E-state index contributed by atoms with van der Waals surface area (Å²) in [6.07, 6.45) is 1.50. The van der Waals surface area contributed by atoms with Crippen LogP contribution in [-0.2, 0) is 16.0 Å². The first-order chi connectivity index (χ1) is 17.8. The lowest BCUT2D eigenvalue weighted by Crippen LogP contribution is -2.29. The molecule has 5 rings (SSSR count). The Balaban J connectivity index is 1.72. The normalized spacial score (nSPS) is 18.1. The number of ketones is 1. The molecule has 1 unspecified atom stereocenters. The maximum absolute atomic E-state index is 13.3. The third kappa shape index (κ3) is 4.02. The second-order valence-corrected chi connectivity index (χ2v) is 8.61. The van der Waals surface area contributed by atoms with E-state index in [0.29, 0.717) is 29.9 Å². The summed E-state index contributed by atoms with van der Waals surface area (Å²) < 4.78 is 5.62. The van der Waals surface area contributed by atoms with Crippen LogP contribution in [-0.4, -0.2) is 33.4 Å². The van der Waals surface area contributed by atoms with Crippen LogP contribution in [0.2, 0.25) is 0 Å². The summed E-state index contributed by atoms with van der Waals surface area (Å²) in [6, 6.07) is 15.1. The van der Waals surface area contributed by atoms with Gasteiger partial charge in [-0.3, -0.25) is 24.6 Å². The molecule has 1 atom stereocenters. The highest BCUT2D eigenvalue weighted by Gasteiger charge is 2.47. The van der Waals surface area contributed by atoms with Crippen molar-refractivity contribution in [1.29, 1.82) is 5.26 Å². The van der Waals surface area contributed by atoms with E-state index in [9.17, 15) is 29.9 Å². The molecule has 0 aromatic heterocycles. The van der Waals surface area contributed by atoms with Gasteiger partial charge in [0.1, 0.15) is 11.5 Å². The minimum Gasteiger partial charge on any atom is -0.507 e. The zero-order valence-electron chi connectivity index (χ0n) is 19.2. The number of nitro benzene ring substituents is 1. The Kier molecular flexibility index (Phi) is 5.81. The van der Waals surface area contributed by atoms with E-state index in [1.54, 1.807) is 18.2 Å². The molecule has 0 saturated carbocycles. The van der Waals surface area contributed by atoms with Crippen LogP contribution in [0.15, 0.2) is 66.2 Å². The van der Waals surface area contributed by atoms with Gasteiger partial charge in [-0.1, -0.05) is 6.07 Å². The molecule has 0 radical (unpaired) electrons. The molecule has 0 spiro atoms. The van der Waals surface area contributed by atoms with Crippen LogP contribution in [0, 0.1) is 21.4 Å². The van der Waals surface area contributed by atoms with Gasteiger partial charge in [0, 0.05) is 17.3 Å². The van der Waals surface area contributed by atoms with Crippen molar-refractivity contribution in [2.75, 3.05) is 11.5 Å². The Hall–Kier alpha value is -5.17. The number of Topliss-reactive ketones (excluding diaryl/α,β-unsaturated/α-hetero) is 1. The lowest BCUT2D eigenvalue weighted by atomic mass is 9.93. The molecule has 10 nitrogen and oxygen atoms in total. The number of aliphatic hydroxyl groups excluding tert-OH is 1. The maximum Gasteiger partial charge on any atom is 0.311 e. The summed E-state index contributed by atoms with van der Waals surface area (Å²) >= 11 is 0. The standard InChI is InChI=1S/C27H19N3O7/c28-14-15-3-7-19(8-4-15)29-24(17-5-9-21(31)20(13-17)30(35)36)23(26(33)27(29)34)25(32)18-6-10-22-16(12-18)2-1-11-37-22/h3-10,12-13,24,31-32H,1-2,11H2/b25-23+. The van der Waals surface area contributed by atoms with E-state index in [0.717, 1.165) is 29.0 Å². The molecule has 2 N–H and O–H groups in total. The second kappa shape index (κ2) is 9.13. The van der Waals surface area contributed by atoms with Gasteiger partial charge in [-0.2, -0.15) is 5.26 Å². The number of fused-ring (bicyclic) bond motifs is 1. The Morgan fingerprint density at radius 3 is 2.57 bits per heavy atom. The van der Waals surface area contributed by atoms with Gasteiger partial charge in [0.2, 0.25) is 0 Å². The number of phenolic OH excluding ortho intramolecular Hbond substituents is 1. The summed E-state index contributed by atoms with van der Waals surface area (Å²) in [4.78, 5) is 38.4. The van der Waals surface area contributed by atoms with E-state index < -0.39 is 39.9 Å². The smallest absolute Gasteiger partial charge is 0.311 e. The van der Waals surface area contributed by atoms with Crippen LogP contribution in [0.25, 0.3) is 5.76 Å². The third-order valence-electron chi connectivity index (χ3n) is 6.41. The van der Waals surface area contributed by atoms with Gasteiger partial charge in [0.15, 0.2) is 5.75 Å². The van der Waals surface area contributed by atoms with Crippen molar-refractivity contribution >= 4 is 28.8 Å². The average Bonchev–Trinajstić information content (AvgIpc) is 3.18. The summed E-state index contributed by atoms with van der Waals surface area (Å²) in [5.74, 6) is -2.28. The quantitative estimate of drug-likeness (QED) is 0.179. The number of aryl methyl sites for hydroxylation is 1. The van der Waals surface area contributed by atoms with E-state index in [-0.39, 0.29) is 16.8 Å². The van der Waals surface area contributed by atoms with Crippen LogP contribution in [0.4, 0.5) is 11.4 Å². The summed E-state index contributed by atoms with van der Waals surface area (Å²) in [6.45, 7) is 0.577. The number of nitro groups is 1. The number of carbonyl (C=O) groups excluding carboxylic acids is 2. The SMILES string of the molecule is N#Cc1ccc(N2C(=O)C(=O)/C(=C(/O)c3ccc4c(c3)CCCO4)C2c2ccc(O)c([N+](=O)[O-])c2)cc1. The molecule has 3 aromatic carbocycles. The molecular formula is C27H19N3O7. The van der Waals surface area contributed by atoms with Gasteiger partial charge in [-0.05, 0) is 72.5 Å². The molecule has 2 aliphatic rings. The first-order valence-electron chi connectivity index (χ1n) is 11.3. The van der Waals surface area contributed by atoms with Crippen LogP contribution in [0.5, 0.6) is 11.5 Å². The zero-order chi connectivity index (χ0) is 26.3. The Bertz CT molecular complexity index is 1540. The number of anilines is 1. The van der Waals surface area contributed by atoms with E-state index in [1.807, 2.05) is 6.07 Å². The first-order valence-corrected chi connectivity index (χ1v) is 11.3. The Morgan fingerprint density at radius 2 is 1.86 bits per heavy atom. The van der Waals surface area contributed by atoms with Gasteiger partial charge in [-0.15, -0.1) is 0 Å². The van der Waals surface area contributed by atoms with Crippen LogP contribution >= 0.6 is 0 Å². The number of hydrogen-bond acceptors (Lipinski definition) is 8. The topological polar surface area (TPSA) is 154 Å². The number of ether oxygens (including phenoxy) is 1. The fourth-order valence-electron chi connectivity index (χ4n) is 4.63. The highest BCUT2D eigenvalue weighted by molar-refractivity contribution is 6.51. The van der Waals surface area contributed by atoms with E-state index in [1.165, 1.54) is 30.3 Å². The lowest BCUT2D eigenvalue weighted by Gasteiger charge is -2.25. The van der Waals surface area contributed by atoms with Gasteiger partial charge in [0.05, 0.1) is 34.8 Å². The first kappa shape index (κ1) is 23.6. The minimum atomic E-state index is -1.24. The van der Waals surface area contributed by atoms with Gasteiger partial charge < -0.3 is 14.9 Å². The van der Waals surface area contributed by atoms with Crippen molar-refractivity contribution in [1.82, 2.24) is 0 Å². The Morgan fingerprint density at radius 1 is 1.11 bits per heavy atom. The molecule has 0 bridgehead atoms. The molecule has 184 valence electrons. The van der Waals surface area contributed by atoms with Crippen molar-refractivity contribution < 1.29 is 29.5 Å². The third-order valence-corrected chi connectivity index (χ3v) is 6.41. The number of hydrogen-bond donors (Lipinski definition) is 2. The van der Waals surface area contributed by atoms with Crippen molar-refractivity contribution in [3.63, 3.8) is 0 Å². The van der Waals surface area contributed by atoms with E-state index in [2.05, 4.69) is 0 Å². The molecule has 1 saturated heterocycles. The van der Waals surface area contributed by atoms with Crippen molar-refractivity contribution in [2.45, 2.75) is 18.9 Å².